The molecule has 0 fully saturated rings. The van der Waals surface area contributed by atoms with Crippen molar-refractivity contribution >= 4 is 5.65 Å². The van der Waals surface area contributed by atoms with Crippen LogP contribution in [-0.4, -0.2) is 26.2 Å². The van der Waals surface area contributed by atoms with Crippen molar-refractivity contribution in [2.75, 3.05) is 0 Å². The van der Waals surface area contributed by atoms with E-state index in [0.717, 1.165) is 4.40 Å². The SMILES string of the molecule is FC(F)Oc1ccc(-c2cn3c(C(F)F)nnc3cn2)cc1. The molecule has 0 atom stereocenters. The topological polar surface area (TPSA) is 52.3 Å². The maximum Gasteiger partial charge on any atom is 0.387 e. The van der Waals surface area contributed by atoms with E-state index in [4.69, 9.17) is 0 Å². The number of rotatable bonds is 4. The Kier molecular flexibility index (Phi) is 3.61. The van der Waals surface area contributed by atoms with Crippen molar-refractivity contribution in [1.82, 2.24) is 19.6 Å². The zero-order chi connectivity index (χ0) is 15.7. The molecule has 3 rings (SSSR count). The number of ether oxygens (including phenoxy) is 1. The van der Waals surface area contributed by atoms with Crippen molar-refractivity contribution < 1.29 is 22.3 Å². The van der Waals surface area contributed by atoms with Gasteiger partial charge in [0.05, 0.1) is 11.9 Å². The van der Waals surface area contributed by atoms with Crippen LogP contribution in [0.2, 0.25) is 0 Å². The molecular weight excluding hydrogens is 304 g/mol. The highest BCUT2D eigenvalue weighted by Gasteiger charge is 2.16. The van der Waals surface area contributed by atoms with Crippen LogP contribution in [0.15, 0.2) is 36.7 Å². The fraction of sp³-hybridized carbons (Fsp3) is 0.154. The maximum absolute atomic E-state index is 12.8. The van der Waals surface area contributed by atoms with E-state index in [2.05, 4.69) is 19.9 Å². The van der Waals surface area contributed by atoms with Gasteiger partial charge in [-0.1, -0.05) is 0 Å². The molecule has 1 aromatic carbocycles. The van der Waals surface area contributed by atoms with Crippen LogP contribution < -0.4 is 4.74 Å². The number of aromatic nitrogens is 4. The molecule has 2 heterocycles. The predicted molar refractivity (Wildman–Crippen MR) is 67.8 cm³/mol. The monoisotopic (exact) mass is 312 g/mol. The van der Waals surface area contributed by atoms with Crippen LogP contribution in [0, 0.1) is 0 Å². The third kappa shape index (κ3) is 2.69. The van der Waals surface area contributed by atoms with E-state index in [1.807, 2.05) is 0 Å². The van der Waals surface area contributed by atoms with Crippen LogP contribution in [0.3, 0.4) is 0 Å². The Bertz CT molecular complexity index is 788. The van der Waals surface area contributed by atoms with Gasteiger partial charge in [-0.3, -0.25) is 9.38 Å². The average Bonchev–Trinajstić information content (AvgIpc) is 2.90. The molecule has 0 amide bonds. The molecule has 5 nitrogen and oxygen atoms in total. The number of fused-ring (bicyclic) bond motifs is 1. The summed E-state index contributed by atoms with van der Waals surface area (Å²) in [6.07, 6.45) is -0.107. The van der Waals surface area contributed by atoms with Gasteiger partial charge in [-0.25, -0.2) is 8.78 Å². The molecule has 0 saturated carbocycles. The summed E-state index contributed by atoms with van der Waals surface area (Å²) in [5, 5.41) is 6.98. The molecule has 9 heteroatoms. The van der Waals surface area contributed by atoms with E-state index < -0.39 is 18.9 Å². The van der Waals surface area contributed by atoms with Crippen LogP contribution in [0.1, 0.15) is 12.2 Å². The van der Waals surface area contributed by atoms with Gasteiger partial charge in [-0.15, -0.1) is 10.2 Å². The predicted octanol–water partition coefficient (Wildman–Crippen LogP) is 3.33. The first-order valence-electron chi connectivity index (χ1n) is 6.08. The van der Waals surface area contributed by atoms with Gasteiger partial charge < -0.3 is 4.74 Å². The molecule has 2 aromatic heterocycles. The van der Waals surface area contributed by atoms with Crippen molar-refractivity contribution in [3.05, 3.63) is 42.5 Å². The molecule has 0 radical (unpaired) electrons. The number of halogens is 4. The van der Waals surface area contributed by atoms with Crippen LogP contribution in [0.5, 0.6) is 5.75 Å². The summed E-state index contributed by atoms with van der Waals surface area (Å²) in [5.41, 5.74) is 1.12. The van der Waals surface area contributed by atoms with Crippen LogP contribution >= 0.6 is 0 Å². The Labute approximate surface area is 121 Å². The number of nitrogens with zero attached hydrogens (tertiary/aromatic N) is 4. The van der Waals surface area contributed by atoms with Gasteiger partial charge in [0.25, 0.3) is 6.43 Å². The van der Waals surface area contributed by atoms with E-state index in [1.54, 1.807) is 0 Å². The molecule has 0 unspecified atom stereocenters. The van der Waals surface area contributed by atoms with Crippen molar-refractivity contribution in [2.45, 2.75) is 13.0 Å². The van der Waals surface area contributed by atoms with Crippen LogP contribution in [0.25, 0.3) is 16.9 Å². The summed E-state index contributed by atoms with van der Waals surface area (Å²) < 4.78 is 55.1. The second-order valence-electron chi connectivity index (χ2n) is 4.26. The molecule has 0 bridgehead atoms. The van der Waals surface area contributed by atoms with Gasteiger partial charge in [0.2, 0.25) is 5.82 Å². The molecule has 0 N–H and O–H groups in total. The first-order chi connectivity index (χ1) is 10.5. The molecule has 0 saturated heterocycles. The molecular formula is C13H8F4N4O. The lowest BCUT2D eigenvalue weighted by Crippen LogP contribution is -2.01. The minimum absolute atomic E-state index is 0.00241. The zero-order valence-corrected chi connectivity index (χ0v) is 10.8. The quantitative estimate of drug-likeness (QED) is 0.693. The third-order valence-electron chi connectivity index (χ3n) is 2.89. The smallest absolute Gasteiger partial charge is 0.387 e. The summed E-state index contributed by atoms with van der Waals surface area (Å²) in [7, 11) is 0. The van der Waals surface area contributed by atoms with Gasteiger partial charge in [-0.2, -0.15) is 8.78 Å². The lowest BCUT2D eigenvalue weighted by molar-refractivity contribution is -0.0498. The second kappa shape index (κ2) is 5.58. The second-order valence-corrected chi connectivity index (χ2v) is 4.26. The van der Waals surface area contributed by atoms with Crippen molar-refractivity contribution in [2.24, 2.45) is 0 Å². The average molecular weight is 312 g/mol. The number of hydrogen-bond donors (Lipinski definition) is 0. The van der Waals surface area contributed by atoms with E-state index in [0.29, 0.717) is 11.3 Å². The Morgan fingerprint density at radius 1 is 1.00 bits per heavy atom. The minimum Gasteiger partial charge on any atom is -0.435 e. The summed E-state index contributed by atoms with van der Waals surface area (Å²) in [4.78, 5) is 4.08. The lowest BCUT2D eigenvalue weighted by Gasteiger charge is -2.06. The van der Waals surface area contributed by atoms with E-state index in [-0.39, 0.29) is 11.4 Å². The van der Waals surface area contributed by atoms with Crippen LogP contribution in [0.4, 0.5) is 17.6 Å². The first kappa shape index (κ1) is 14.2. The summed E-state index contributed by atoms with van der Waals surface area (Å²) in [5.74, 6) is -0.492. The van der Waals surface area contributed by atoms with Crippen molar-refractivity contribution in [1.29, 1.82) is 0 Å². The van der Waals surface area contributed by atoms with Gasteiger partial charge in [0.15, 0.2) is 5.65 Å². The largest absolute Gasteiger partial charge is 0.435 e. The fourth-order valence-corrected chi connectivity index (χ4v) is 1.92. The normalized spacial score (nSPS) is 11.5. The van der Waals surface area contributed by atoms with Crippen LogP contribution in [-0.2, 0) is 0 Å². The van der Waals surface area contributed by atoms with Gasteiger partial charge >= 0.3 is 6.61 Å². The van der Waals surface area contributed by atoms with Gasteiger partial charge in [0.1, 0.15) is 5.75 Å². The Morgan fingerprint density at radius 3 is 2.36 bits per heavy atom. The Morgan fingerprint density at radius 2 is 1.73 bits per heavy atom. The van der Waals surface area contributed by atoms with Crippen molar-refractivity contribution in [3.8, 4) is 17.0 Å². The fourth-order valence-electron chi connectivity index (χ4n) is 1.92. The highest BCUT2D eigenvalue weighted by Crippen LogP contribution is 2.23. The first-order valence-corrected chi connectivity index (χ1v) is 6.08. The summed E-state index contributed by atoms with van der Waals surface area (Å²) >= 11 is 0. The Hall–Kier alpha value is -2.71. The summed E-state index contributed by atoms with van der Waals surface area (Å²) in [6.45, 7) is -2.91. The maximum atomic E-state index is 12.8. The van der Waals surface area contributed by atoms with E-state index in [9.17, 15) is 17.6 Å². The standard InChI is InChI=1S/C13H8F4N4O/c14-11(15)12-20-19-10-5-18-9(6-21(10)12)7-1-3-8(4-2-7)22-13(16)17/h1-6,11,13H. The molecule has 0 aliphatic rings. The van der Waals surface area contributed by atoms with Crippen molar-refractivity contribution in [3.63, 3.8) is 0 Å². The molecule has 3 aromatic rings. The highest BCUT2D eigenvalue weighted by molar-refractivity contribution is 5.60. The Balaban J connectivity index is 1.97. The molecule has 0 aliphatic heterocycles. The number of benzene rings is 1. The van der Waals surface area contributed by atoms with Gasteiger partial charge in [-0.05, 0) is 24.3 Å². The lowest BCUT2D eigenvalue weighted by atomic mass is 10.1. The third-order valence-corrected chi connectivity index (χ3v) is 2.89. The summed E-state index contributed by atoms with van der Waals surface area (Å²) in [6, 6.07) is 5.68. The number of hydrogen-bond acceptors (Lipinski definition) is 4. The molecule has 0 aliphatic carbocycles. The number of alkyl halides is 4. The van der Waals surface area contributed by atoms with Gasteiger partial charge in [0, 0.05) is 11.8 Å². The van der Waals surface area contributed by atoms with E-state index in [1.165, 1.54) is 36.7 Å². The zero-order valence-electron chi connectivity index (χ0n) is 10.8. The minimum atomic E-state index is -2.91. The highest BCUT2D eigenvalue weighted by atomic mass is 19.3. The van der Waals surface area contributed by atoms with E-state index >= 15 is 0 Å². The molecule has 114 valence electrons. The molecule has 22 heavy (non-hydrogen) atoms. The molecule has 0 spiro atoms.